The van der Waals surface area contributed by atoms with Crippen LogP contribution in [0.15, 0.2) is 54.9 Å². The van der Waals surface area contributed by atoms with Crippen LogP contribution in [0.4, 0.5) is 0 Å². The molecule has 7 nitrogen and oxygen atoms in total. The van der Waals surface area contributed by atoms with Crippen molar-refractivity contribution in [1.29, 1.82) is 0 Å². The normalized spacial score (nSPS) is 21.7. The summed E-state index contributed by atoms with van der Waals surface area (Å²) in [5.74, 6) is -1.17. The van der Waals surface area contributed by atoms with E-state index in [2.05, 4.69) is 4.98 Å². The monoisotopic (exact) mass is 407 g/mol. The Morgan fingerprint density at radius 1 is 1.20 bits per heavy atom. The van der Waals surface area contributed by atoms with Crippen molar-refractivity contribution in [1.82, 2.24) is 14.3 Å². The first kappa shape index (κ1) is 20.1. The molecule has 0 saturated carbocycles. The Hall–Kier alpha value is -3.19. The lowest BCUT2D eigenvalue weighted by Crippen LogP contribution is -2.57. The quantitative estimate of drug-likeness (QED) is 0.675. The first-order chi connectivity index (χ1) is 14.4. The topological polar surface area (TPSA) is 95.1 Å². The summed E-state index contributed by atoms with van der Waals surface area (Å²) in [7, 11) is 0. The summed E-state index contributed by atoms with van der Waals surface area (Å²) in [6, 6.07) is 13.2. The highest BCUT2D eigenvalue weighted by Gasteiger charge is 2.49. The number of carboxylic acid groups (broad SMARTS) is 1. The number of carboxylic acids is 1. The van der Waals surface area contributed by atoms with Crippen molar-refractivity contribution in [3.8, 4) is 0 Å². The molecule has 30 heavy (non-hydrogen) atoms. The molecule has 1 amide bonds. The molecule has 0 radical (unpaired) electrons. The number of rotatable bonds is 5. The lowest BCUT2D eigenvalue weighted by molar-refractivity contribution is -0.166. The van der Waals surface area contributed by atoms with Gasteiger partial charge in [-0.25, -0.2) is 4.98 Å². The number of hydrogen-bond acceptors (Lipinski definition) is 4. The third kappa shape index (κ3) is 3.57. The van der Waals surface area contributed by atoms with Gasteiger partial charge in [0.15, 0.2) is 0 Å². The molecule has 1 aromatic carbocycles. The minimum absolute atomic E-state index is 0.00767. The van der Waals surface area contributed by atoms with Crippen LogP contribution in [-0.2, 0) is 22.4 Å². The number of likely N-dealkylation sites (tertiary alicyclic amines) is 1. The number of aromatic nitrogens is 2. The van der Waals surface area contributed by atoms with E-state index in [0.717, 1.165) is 22.5 Å². The van der Waals surface area contributed by atoms with Crippen molar-refractivity contribution >= 4 is 17.5 Å². The Kier molecular flexibility index (Phi) is 5.30. The highest BCUT2D eigenvalue weighted by atomic mass is 16.4. The third-order valence-electron chi connectivity index (χ3n) is 6.14. The zero-order chi connectivity index (χ0) is 21.3. The van der Waals surface area contributed by atoms with Gasteiger partial charge in [-0.2, -0.15) is 0 Å². The van der Waals surface area contributed by atoms with Gasteiger partial charge in [-0.15, -0.1) is 0 Å². The number of β-amino-alcohol motifs (C(OH)–C–C–N with tert-alkyl or cyclic N) is 1. The van der Waals surface area contributed by atoms with Crippen molar-refractivity contribution in [3.05, 3.63) is 71.7 Å². The summed E-state index contributed by atoms with van der Waals surface area (Å²) in [6.45, 7) is 2.27. The summed E-state index contributed by atoms with van der Waals surface area (Å²) in [5, 5.41) is 20.7. The standard InChI is InChI=1S/C23H25N3O4/c1-16-6-5-10-26-18(14-24-21(16)26)12-20(28)25-11-9-23(22(29)30,19(27)15-25)13-17-7-3-2-4-8-17/h2-8,10,14,19,27H,9,11-13,15H2,1H3,(H,29,30)/t19-,23-/m1/s1. The number of carbonyl (C=O) groups excluding carboxylic acids is 1. The number of hydrogen-bond donors (Lipinski definition) is 2. The minimum atomic E-state index is -1.29. The van der Waals surface area contributed by atoms with E-state index in [9.17, 15) is 19.8 Å². The van der Waals surface area contributed by atoms with Gasteiger partial charge in [-0.1, -0.05) is 36.4 Å². The Balaban J connectivity index is 1.49. The van der Waals surface area contributed by atoms with Gasteiger partial charge in [0.2, 0.25) is 5.91 Å². The van der Waals surface area contributed by atoms with Crippen molar-refractivity contribution in [3.63, 3.8) is 0 Å². The van der Waals surface area contributed by atoms with Crippen LogP contribution in [0.5, 0.6) is 0 Å². The number of aliphatic hydroxyl groups excluding tert-OH is 1. The maximum atomic E-state index is 12.9. The van der Waals surface area contributed by atoms with Crippen LogP contribution in [0.1, 0.15) is 23.2 Å². The largest absolute Gasteiger partial charge is 0.481 e. The molecule has 3 heterocycles. The zero-order valence-corrected chi connectivity index (χ0v) is 16.9. The molecule has 0 unspecified atom stereocenters. The Morgan fingerprint density at radius 2 is 1.97 bits per heavy atom. The van der Waals surface area contributed by atoms with Crippen molar-refractivity contribution < 1.29 is 19.8 Å². The SMILES string of the molecule is Cc1cccn2c(CC(=O)N3CC[C@](Cc4ccccc4)(C(=O)O)[C@H](O)C3)cnc12. The highest BCUT2D eigenvalue weighted by Crippen LogP contribution is 2.36. The van der Waals surface area contributed by atoms with Crippen LogP contribution >= 0.6 is 0 Å². The summed E-state index contributed by atoms with van der Waals surface area (Å²) in [5.41, 5.74) is 2.18. The van der Waals surface area contributed by atoms with Gasteiger partial charge < -0.3 is 19.5 Å². The van der Waals surface area contributed by atoms with Gasteiger partial charge in [0.05, 0.1) is 18.2 Å². The van der Waals surface area contributed by atoms with E-state index in [1.54, 1.807) is 11.1 Å². The molecule has 156 valence electrons. The smallest absolute Gasteiger partial charge is 0.312 e. The molecule has 3 aromatic rings. The number of carbonyl (C=O) groups is 2. The van der Waals surface area contributed by atoms with Gasteiger partial charge in [0.1, 0.15) is 11.1 Å². The van der Waals surface area contributed by atoms with Gasteiger partial charge in [0.25, 0.3) is 0 Å². The number of nitrogens with zero attached hydrogens (tertiary/aromatic N) is 3. The fourth-order valence-electron chi connectivity index (χ4n) is 4.29. The van der Waals surface area contributed by atoms with Gasteiger partial charge >= 0.3 is 5.97 Å². The van der Waals surface area contributed by atoms with E-state index in [-0.39, 0.29) is 31.7 Å². The molecular weight excluding hydrogens is 382 g/mol. The van der Waals surface area contributed by atoms with Crippen molar-refractivity contribution in [2.24, 2.45) is 5.41 Å². The predicted molar refractivity (Wildman–Crippen MR) is 111 cm³/mol. The molecule has 1 saturated heterocycles. The number of aliphatic carboxylic acids is 1. The van der Waals surface area contributed by atoms with Crippen LogP contribution in [-0.4, -0.2) is 55.6 Å². The molecule has 0 aliphatic carbocycles. The number of piperidine rings is 1. The maximum absolute atomic E-state index is 12.9. The molecule has 7 heteroatoms. The fourth-order valence-corrected chi connectivity index (χ4v) is 4.29. The lowest BCUT2D eigenvalue weighted by atomic mass is 9.71. The number of pyridine rings is 1. The number of benzene rings is 1. The Morgan fingerprint density at radius 3 is 2.67 bits per heavy atom. The van der Waals surface area contributed by atoms with Crippen molar-refractivity contribution in [2.75, 3.05) is 13.1 Å². The molecule has 2 N–H and O–H groups in total. The van der Waals surface area contributed by atoms with E-state index in [1.165, 1.54) is 0 Å². The number of aliphatic hydroxyl groups is 1. The van der Waals surface area contributed by atoms with Gasteiger partial charge in [-0.3, -0.25) is 9.59 Å². The van der Waals surface area contributed by atoms with Gasteiger partial charge in [0, 0.05) is 25.5 Å². The molecule has 2 aromatic heterocycles. The van der Waals surface area contributed by atoms with E-state index >= 15 is 0 Å². The summed E-state index contributed by atoms with van der Waals surface area (Å²) in [4.78, 5) is 31.0. The predicted octanol–water partition coefficient (Wildman–Crippen LogP) is 2.09. The van der Waals surface area contributed by atoms with E-state index in [1.807, 2.05) is 60.0 Å². The van der Waals surface area contributed by atoms with Crippen molar-refractivity contribution in [2.45, 2.75) is 32.3 Å². The second kappa shape index (κ2) is 7.91. The molecule has 2 atom stereocenters. The molecule has 1 aliphatic heterocycles. The van der Waals surface area contributed by atoms with Gasteiger partial charge in [-0.05, 0) is 37.0 Å². The molecular formula is C23H25N3O4. The molecule has 4 rings (SSSR count). The Labute approximate surface area is 174 Å². The number of imidazole rings is 1. The van der Waals surface area contributed by atoms with E-state index < -0.39 is 17.5 Å². The average molecular weight is 407 g/mol. The first-order valence-electron chi connectivity index (χ1n) is 10.1. The van der Waals surface area contributed by atoms with Crippen LogP contribution in [0.2, 0.25) is 0 Å². The minimum Gasteiger partial charge on any atom is -0.481 e. The third-order valence-corrected chi connectivity index (χ3v) is 6.14. The van der Waals surface area contributed by atoms with E-state index in [4.69, 9.17) is 0 Å². The Bertz CT molecular complexity index is 1080. The number of fused-ring (bicyclic) bond motifs is 1. The summed E-state index contributed by atoms with van der Waals surface area (Å²) < 4.78 is 1.89. The van der Waals surface area contributed by atoms with Crippen LogP contribution in [0.3, 0.4) is 0 Å². The van der Waals surface area contributed by atoms with E-state index in [0.29, 0.717) is 6.54 Å². The van der Waals surface area contributed by atoms with Crippen LogP contribution < -0.4 is 0 Å². The second-order valence-corrected chi connectivity index (χ2v) is 8.04. The van der Waals surface area contributed by atoms with Crippen LogP contribution in [0.25, 0.3) is 5.65 Å². The average Bonchev–Trinajstić information content (AvgIpc) is 3.14. The highest BCUT2D eigenvalue weighted by molar-refractivity contribution is 5.80. The summed E-state index contributed by atoms with van der Waals surface area (Å²) in [6.07, 6.45) is 3.01. The maximum Gasteiger partial charge on any atom is 0.312 e. The molecule has 0 spiro atoms. The zero-order valence-electron chi connectivity index (χ0n) is 16.9. The second-order valence-electron chi connectivity index (χ2n) is 8.04. The summed E-state index contributed by atoms with van der Waals surface area (Å²) >= 11 is 0. The first-order valence-corrected chi connectivity index (χ1v) is 10.1. The molecule has 0 bridgehead atoms. The molecule has 1 fully saturated rings. The lowest BCUT2D eigenvalue weighted by Gasteiger charge is -2.43. The van der Waals surface area contributed by atoms with Crippen LogP contribution in [0, 0.1) is 12.3 Å². The fraction of sp³-hybridized carbons (Fsp3) is 0.348. The number of aryl methyl sites for hydroxylation is 1. The number of amides is 1. The molecule has 1 aliphatic rings.